The number of unbranched alkanes of at least 4 members (excludes halogenated alkanes) is 3. The Morgan fingerprint density at radius 1 is 0.912 bits per heavy atom. The minimum Gasteiger partial charge on any atom is -0.371 e. The Hall–Kier alpha value is -2.82. The summed E-state index contributed by atoms with van der Waals surface area (Å²) in [6, 6.07) is 13.7. The Kier molecular flexibility index (Phi) is 9.99. The molecule has 3 rings (SSSR count). The second kappa shape index (κ2) is 13.2. The van der Waals surface area contributed by atoms with Crippen molar-refractivity contribution in [1.29, 1.82) is 0 Å². The highest BCUT2D eigenvalue weighted by atomic mass is 16.2. The van der Waals surface area contributed by atoms with Gasteiger partial charge in [0, 0.05) is 36.1 Å². The van der Waals surface area contributed by atoms with E-state index in [0.717, 1.165) is 44.5 Å². The molecular weight excluding hydrogens is 422 g/mol. The first-order chi connectivity index (χ1) is 16.5. The van der Waals surface area contributed by atoms with Gasteiger partial charge in [0.05, 0.1) is 5.56 Å². The highest BCUT2D eigenvalue weighted by molar-refractivity contribution is 6.06. The molecule has 5 nitrogen and oxygen atoms in total. The summed E-state index contributed by atoms with van der Waals surface area (Å²) in [4.78, 5) is 28.3. The molecule has 1 aliphatic heterocycles. The lowest BCUT2D eigenvalue weighted by Crippen LogP contribution is -2.35. The number of hydrogen-bond donors (Lipinski definition) is 2. The van der Waals surface area contributed by atoms with E-state index >= 15 is 0 Å². The molecular formula is C29H41N3O2. The standard InChI is InChI=1S/C29H41N3O2/c1-4-6-7-9-12-23-13-15-24(16-14-23)28(33)31-25-17-18-27(32-19-10-8-11-20-32)26(21-25)29(34)30-22(3)5-2/h13-18,21-22H,4-12,19-20H2,1-3H3,(H,30,34)(H,31,33). The largest absolute Gasteiger partial charge is 0.371 e. The predicted octanol–water partition coefficient (Wildman–Crippen LogP) is 6.58. The Morgan fingerprint density at radius 2 is 1.65 bits per heavy atom. The summed E-state index contributed by atoms with van der Waals surface area (Å²) in [6.07, 6.45) is 10.4. The van der Waals surface area contributed by atoms with Crippen LogP contribution in [0.3, 0.4) is 0 Å². The van der Waals surface area contributed by atoms with Gasteiger partial charge in [-0.2, -0.15) is 0 Å². The topological polar surface area (TPSA) is 61.4 Å². The van der Waals surface area contributed by atoms with E-state index in [2.05, 4.69) is 29.4 Å². The summed E-state index contributed by atoms with van der Waals surface area (Å²) in [5, 5.41) is 6.08. The average molecular weight is 464 g/mol. The van der Waals surface area contributed by atoms with Crippen LogP contribution in [0.4, 0.5) is 11.4 Å². The molecule has 0 aromatic heterocycles. The summed E-state index contributed by atoms with van der Waals surface area (Å²) in [6.45, 7) is 8.21. The molecule has 2 aromatic carbocycles. The quantitative estimate of drug-likeness (QED) is 0.370. The maximum Gasteiger partial charge on any atom is 0.255 e. The number of aryl methyl sites for hydroxylation is 1. The van der Waals surface area contributed by atoms with Crippen molar-refractivity contribution in [2.24, 2.45) is 0 Å². The number of nitrogens with zero attached hydrogens (tertiary/aromatic N) is 1. The van der Waals surface area contributed by atoms with Crippen molar-refractivity contribution < 1.29 is 9.59 Å². The van der Waals surface area contributed by atoms with E-state index in [1.54, 1.807) is 0 Å². The number of rotatable bonds is 11. The first-order valence-electron chi connectivity index (χ1n) is 13.1. The van der Waals surface area contributed by atoms with E-state index < -0.39 is 0 Å². The van der Waals surface area contributed by atoms with Gasteiger partial charge in [-0.3, -0.25) is 9.59 Å². The Balaban J connectivity index is 1.72. The second-order valence-electron chi connectivity index (χ2n) is 9.52. The normalized spacial score (nSPS) is 14.5. The lowest BCUT2D eigenvalue weighted by molar-refractivity contribution is 0.0938. The molecule has 1 fully saturated rings. The molecule has 0 saturated carbocycles. The van der Waals surface area contributed by atoms with Gasteiger partial charge in [-0.1, -0.05) is 45.2 Å². The Morgan fingerprint density at radius 3 is 2.32 bits per heavy atom. The zero-order valence-electron chi connectivity index (χ0n) is 21.2. The van der Waals surface area contributed by atoms with Gasteiger partial charge in [0.15, 0.2) is 0 Å². The number of hydrogen-bond acceptors (Lipinski definition) is 3. The van der Waals surface area contributed by atoms with Crippen LogP contribution in [0, 0.1) is 0 Å². The van der Waals surface area contributed by atoms with Gasteiger partial charge >= 0.3 is 0 Å². The Bertz CT molecular complexity index is 933. The minimum absolute atomic E-state index is 0.0848. The van der Waals surface area contributed by atoms with Crippen molar-refractivity contribution in [3.63, 3.8) is 0 Å². The fourth-order valence-corrected chi connectivity index (χ4v) is 4.39. The molecule has 1 unspecified atom stereocenters. The highest BCUT2D eigenvalue weighted by Crippen LogP contribution is 2.28. The molecule has 0 radical (unpaired) electrons. The van der Waals surface area contributed by atoms with Gasteiger partial charge in [-0.05, 0) is 81.3 Å². The lowest BCUT2D eigenvalue weighted by Gasteiger charge is -2.31. The zero-order valence-corrected chi connectivity index (χ0v) is 21.2. The number of piperidine rings is 1. The van der Waals surface area contributed by atoms with Gasteiger partial charge in [0.2, 0.25) is 0 Å². The first-order valence-corrected chi connectivity index (χ1v) is 13.1. The van der Waals surface area contributed by atoms with Crippen molar-refractivity contribution in [3.05, 3.63) is 59.2 Å². The number of amides is 2. The van der Waals surface area contributed by atoms with Crippen LogP contribution in [0.2, 0.25) is 0 Å². The fraction of sp³-hybridized carbons (Fsp3) is 0.517. The molecule has 0 aliphatic carbocycles. The molecule has 2 aromatic rings. The average Bonchev–Trinajstić information content (AvgIpc) is 2.87. The van der Waals surface area contributed by atoms with Gasteiger partial charge in [0.25, 0.3) is 11.8 Å². The van der Waals surface area contributed by atoms with E-state index in [1.807, 2.05) is 49.4 Å². The summed E-state index contributed by atoms with van der Waals surface area (Å²) in [7, 11) is 0. The molecule has 2 amide bonds. The van der Waals surface area contributed by atoms with E-state index in [-0.39, 0.29) is 17.9 Å². The molecule has 34 heavy (non-hydrogen) atoms. The van der Waals surface area contributed by atoms with E-state index in [1.165, 1.54) is 37.7 Å². The molecule has 1 aliphatic rings. The summed E-state index contributed by atoms with van der Waals surface area (Å²) in [5.41, 5.74) is 4.11. The van der Waals surface area contributed by atoms with Gasteiger partial charge < -0.3 is 15.5 Å². The van der Waals surface area contributed by atoms with Crippen molar-refractivity contribution in [2.45, 2.75) is 84.6 Å². The third-order valence-electron chi connectivity index (χ3n) is 6.72. The van der Waals surface area contributed by atoms with Crippen molar-refractivity contribution in [1.82, 2.24) is 5.32 Å². The molecule has 5 heteroatoms. The van der Waals surface area contributed by atoms with Crippen molar-refractivity contribution in [3.8, 4) is 0 Å². The molecule has 1 saturated heterocycles. The molecule has 2 N–H and O–H groups in total. The number of anilines is 2. The van der Waals surface area contributed by atoms with Gasteiger partial charge in [0.1, 0.15) is 0 Å². The van der Waals surface area contributed by atoms with Crippen LogP contribution in [0.15, 0.2) is 42.5 Å². The molecule has 0 bridgehead atoms. The van der Waals surface area contributed by atoms with Crippen LogP contribution in [0.5, 0.6) is 0 Å². The summed E-state index contributed by atoms with van der Waals surface area (Å²) >= 11 is 0. The number of benzene rings is 2. The maximum absolute atomic E-state index is 13.1. The molecule has 184 valence electrons. The molecule has 1 atom stereocenters. The zero-order chi connectivity index (χ0) is 24.3. The lowest BCUT2D eigenvalue weighted by atomic mass is 10.0. The molecule has 1 heterocycles. The summed E-state index contributed by atoms with van der Waals surface area (Å²) < 4.78 is 0. The van der Waals surface area contributed by atoms with Gasteiger partial charge in [-0.25, -0.2) is 0 Å². The third-order valence-corrected chi connectivity index (χ3v) is 6.72. The fourth-order valence-electron chi connectivity index (χ4n) is 4.39. The monoisotopic (exact) mass is 463 g/mol. The van der Waals surface area contributed by atoms with Crippen LogP contribution in [-0.4, -0.2) is 30.9 Å². The van der Waals surface area contributed by atoms with Crippen molar-refractivity contribution in [2.75, 3.05) is 23.3 Å². The SMILES string of the molecule is CCCCCCc1ccc(C(=O)Nc2ccc(N3CCCCC3)c(C(=O)NC(C)CC)c2)cc1. The van der Waals surface area contributed by atoms with Crippen LogP contribution in [0.1, 0.15) is 98.4 Å². The van der Waals surface area contributed by atoms with Gasteiger partial charge in [-0.15, -0.1) is 0 Å². The maximum atomic E-state index is 13.1. The smallest absolute Gasteiger partial charge is 0.255 e. The van der Waals surface area contributed by atoms with E-state index in [4.69, 9.17) is 0 Å². The minimum atomic E-state index is -0.156. The third kappa shape index (κ3) is 7.34. The highest BCUT2D eigenvalue weighted by Gasteiger charge is 2.20. The van der Waals surface area contributed by atoms with Crippen LogP contribution in [-0.2, 0) is 6.42 Å². The van der Waals surface area contributed by atoms with Crippen molar-refractivity contribution >= 4 is 23.2 Å². The Labute approximate surface area is 205 Å². The molecule has 0 spiro atoms. The number of carbonyl (C=O) groups excluding carboxylic acids is 2. The van der Waals surface area contributed by atoms with E-state index in [0.29, 0.717) is 16.8 Å². The predicted molar refractivity (Wildman–Crippen MR) is 142 cm³/mol. The number of carbonyl (C=O) groups is 2. The summed E-state index contributed by atoms with van der Waals surface area (Å²) in [5.74, 6) is -0.241. The van der Waals surface area contributed by atoms with E-state index in [9.17, 15) is 9.59 Å². The van der Waals surface area contributed by atoms with Crippen LogP contribution >= 0.6 is 0 Å². The second-order valence-corrected chi connectivity index (χ2v) is 9.52. The number of nitrogens with one attached hydrogen (secondary N) is 2. The first kappa shape index (κ1) is 25.8. The van der Waals surface area contributed by atoms with Crippen LogP contribution < -0.4 is 15.5 Å². The van der Waals surface area contributed by atoms with Crippen LogP contribution in [0.25, 0.3) is 0 Å².